The maximum Gasteiger partial charge on any atom is 0.244 e. The van der Waals surface area contributed by atoms with Crippen LogP contribution < -0.4 is 5.32 Å². The molecule has 2 heterocycles. The highest BCUT2D eigenvalue weighted by atomic mass is 16.2. The Morgan fingerprint density at radius 2 is 1.61 bits per heavy atom. The number of hydrogen-bond acceptors (Lipinski definition) is 5. The number of amides is 2. The van der Waals surface area contributed by atoms with Crippen LogP contribution in [0.2, 0.25) is 0 Å². The van der Waals surface area contributed by atoms with Crippen molar-refractivity contribution in [2.45, 2.75) is 12.8 Å². The van der Waals surface area contributed by atoms with Crippen LogP contribution in [0.3, 0.4) is 0 Å². The lowest BCUT2D eigenvalue weighted by atomic mass is 9.59. The summed E-state index contributed by atoms with van der Waals surface area (Å²) in [6.07, 6.45) is 1.05. The van der Waals surface area contributed by atoms with Crippen LogP contribution in [0, 0.1) is 39.9 Å². The molecule has 0 aromatic rings. The largest absolute Gasteiger partial charge is 0.306 e. The molecule has 2 rings (SSSR count). The number of likely N-dealkylation sites (tertiary alicyclic amines) is 1. The molecular weight excluding hydrogens is 232 g/mol. The fraction of sp³-hybridized carbons (Fsp3) is 0.667. The Kier molecular flexibility index (Phi) is 3.06. The van der Waals surface area contributed by atoms with Crippen LogP contribution in [-0.4, -0.2) is 36.9 Å². The standard InChI is InChI=1S/C12H14N4O2/c1-16-4-2-12(3-5-16)8(6-13)10(17)15-11(18)9(12)7-14/h8-9H,2-5H2,1H3,(H,15,17,18)/t8-,9-/m1/s1. The molecule has 0 radical (unpaired) electrons. The zero-order valence-corrected chi connectivity index (χ0v) is 10.1. The van der Waals surface area contributed by atoms with Crippen LogP contribution in [0.25, 0.3) is 0 Å². The van der Waals surface area contributed by atoms with Crippen LogP contribution in [0.5, 0.6) is 0 Å². The monoisotopic (exact) mass is 246 g/mol. The van der Waals surface area contributed by atoms with Gasteiger partial charge in [-0.25, -0.2) is 0 Å². The van der Waals surface area contributed by atoms with E-state index in [2.05, 4.69) is 10.2 Å². The minimum atomic E-state index is -0.909. The Morgan fingerprint density at radius 1 is 1.17 bits per heavy atom. The lowest BCUT2D eigenvalue weighted by molar-refractivity contribution is -0.147. The van der Waals surface area contributed by atoms with Gasteiger partial charge in [0.25, 0.3) is 0 Å². The van der Waals surface area contributed by atoms with Crippen molar-refractivity contribution in [1.82, 2.24) is 10.2 Å². The van der Waals surface area contributed by atoms with Gasteiger partial charge in [-0.3, -0.25) is 14.9 Å². The van der Waals surface area contributed by atoms with Crippen molar-refractivity contribution in [2.24, 2.45) is 17.3 Å². The minimum Gasteiger partial charge on any atom is -0.306 e. The summed E-state index contributed by atoms with van der Waals surface area (Å²) in [5.41, 5.74) is -0.810. The Hall–Kier alpha value is -1.92. The Bertz CT molecular complexity index is 431. The van der Waals surface area contributed by atoms with Gasteiger partial charge < -0.3 is 4.90 Å². The Labute approximate surface area is 105 Å². The number of nitriles is 2. The average molecular weight is 246 g/mol. The molecule has 2 fully saturated rings. The number of nitrogens with one attached hydrogen (secondary N) is 1. The molecule has 2 aliphatic heterocycles. The van der Waals surface area contributed by atoms with E-state index in [0.29, 0.717) is 25.9 Å². The molecule has 0 bridgehead atoms. The summed E-state index contributed by atoms with van der Waals surface area (Å²) in [6.45, 7) is 1.38. The van der Waals surface area contributed by atoms with Gasteiger partial charge in [0.05, 0.1) is 12.1 Å². The minimum absolute atomic E-state index is 0.527. The third kappa shape index (κ3) is 1.66. The third-order valence-electron chi connectivity index (χ3n) is 4.10. The summed E-state index contributed by atoms with van der Waals surface area (Å²) in [4.78, 5) is 25.6. The number of carbonyl (C=O) groups is 2. The van der Waals surface area contributed by atoms with E-state index in [9.17, 15) is 20.1 Å². The van der Waals surface area contributed by atoms with Gasteiger partial charge in [-0.05, 0) is 33.0 Å². The molecule has 2 atom stereocenters. The van der Waals surface area contributed by atoms with Crippen molar-refractivity contribution in [3.63, 3.8) is 0 Å². The maximum absolute atomic E-state index is 11.8. The number of rotatable bonds is 0. The molecule has 18 heavy (non-hydrogen) atoms. The van der Waals surface area contributed by atoms with Crippen LogP contribution >= 0.6 is 0 Å². The topological polar surface area (TPSA) is 97.0 Å². The van der Waals surface area contributed by atoms with E-state index in [1.54, 1.807) is 0 Å². The van der Waals surface area contributed by atoms with E-state index in [1.165, 1.54) is 0 Å². The van der Waals surface area contributed by atoms with Gasteiger partial charge in [-0.15, -0.1) is 0 Å². The summed E-state index contributed by atoms with van der Waals surface area (Å²) in [5.74, 6) is -2.93. The average Bonchev–Trinajstić information content (AvgIpc) is 2.33. The summed E-state index contributed by atoms with van der Waals surface area (Å²) >= 11 is 0. The summed E-state index contributed by atoms with van der Waals surface area (Å²) < 4.78 is 0. The van der Waals surface area contributed by atoms with E-state index >= 15 is 0 Å². The van der Waals surface area contributed by atoms with Crippen LogP contribution in [0.1, 0.15) is 12.8 Å². The highest BCUT2D eigenvalue weighted by Crippen LogP contribution is 2.47. The van der Waals surface area contributed by atoms with Gasteiger partial charge in [-0.1, -0.05) is 0 Å². The Balaban J connectivity index is 2.43. The quantitative estimate of drug-likeness (QED) is 0.588. The molecule has 0 saturated carbocycles. The fourth-order valence-electron chi connectivity index (χ4n) is 2.94. The number of nitrogens with zero attached hydrogens (tertiary/aromatic N) is 3. The first kappa shape index (κ1) is 12.5. The molecule has 6 nitrogen and oxygen atoms in total. The molecule has 6 heteroatoms. The van der Waals surface area contributed by atoms with Gasteiger partial charge in [0.15, 0.2) is 0 Å². The Morgan fingerprint density at radius 3 is 2.00 bits per heavy atom. The molecule has 0 aromatic heterocycles. The zero-order valence-electron chi connectivity index (χ0n) is 10.1. The molecule has 94 valence electrons. The number of carbonyl (C=O) groups excluding carboxylic acids is 2. The smallest absolute Gasteiger partial charge is 0.244 e. The number of hydrogen-bond donors (Lipinski definition) is 1. The first-order valence-corrected chi connectivity index (χ1v) is 5.87. The normalized spacial score (nSPS) is 31.5. The van der Waals surface area contributed by atoms with Gasteiger partial charge in [-0.2, -0.15) is 10.5 Å². The molecule has 2 saturated heterocycles. The first-order valence-electron chi connectivity index (χ1n) is 5.87. The predicted molar refractivity (Wildman–Crippen MR) is 60.5 cm³/mol. The molecular formula is C12H14N4O2. The van der Waals surface area contributed by atoms with Gasteiger partial charge in [0, 0.05) is 5.41 Å². The lowest BCUT2D eigenvalue weighted by Gasteiger charge is -2.46. The van der Waals surface area contributed by atoms with Crippen LogP contribution in [0.15, 0.2) is 0 Å². The number of imide groups is 1. The SMILES string of the molecule is CN1CCC2(CC1)[C@H](C#N)C(=O)NC(=O)[C@H]2C#N. The second-order valence-electron chi connectivity index (χ2n) is 5.01. The van der Waals surface area contributed by atoms with Crippen molar-refractivity contribution in [3.8, 4) is 12.1 Å². The van der Waals surface area contributed by atoms with Gasteiger partial charge >= 0.3 is 0 Å². The highest BCUT2D eigenvalue weighted by molar-refractivity contribution is 6.03. The molecule has 2 amide bonds. The summed E-state index contributed by atoms with van der Waals surface area (Å²) in [5, 5.41) is 20.5. The third-order valence-corrected chi connectivity index (χ3v) is 4.10. The first-order chi connectivity index (χ1) is 8.55. The van der Waals surface area contributed by atoms with Crippen LogP contribution in [-0.2, 0) is 9.59 Å². The fourth-order valence-corrected chi connectivity index (χ4v) is 2.94. The second-order valence-corrected chi connectivity index (χ2v) is 5.01. The molecule has 2 aliphatic rings. The van der Waals surface area contributed by atoms with Crippen molar-refractivity contribution in [3.05, 3.63) is 0 Å². The zero-order chi connectivity index (χ0) is 13.3. The second kappa shape index (κ2) is 4.40. The summed E-state index contributed by atoms with van der Waals surface area (Å²) in [7, 11) is 1.94. The van der Waals surface area contributed by atoms with E-state index < -0.39 is 29.1 Å². The van der Waals surface area contributed by atoms with Gasteiger partial charge in [0.2, 0.25) is 11.8 Å². The molecule has 0 aromatic carbocycles. The van der Waals surface area contributed by atoms with Crippen molar-refractivity contribution < 1.29 is 9.59 Å². The number of piperidine rings is 2. The van der Waals surface area contributed by atoms with Crippen molar-refractivity contribution in [1.29, 1.82) is 10.5 Å². The van der Waals surface area contributed by atoms with E-state index in [4.69, 9.17) is 0 Å². The molecule has 0 unspecified atom stereocenters. The molecule has 0 aliphatic carbocycles. The van der Waals surface area contributed by atoms with E-state index in [1.807, 2.05) is 19.2 Å². The summed E-state index contributed by atoms with van der Waals surface area (Å²) in [6, 6.07) is 3.96. The maximum atomic E-state index is 11.8. The van der Waals surface area contributed by atoms with Crippen molar-refractivity contribution >= 4 is 11.8 Å². The van der Waals surface area contributed by atoms with Crippen molar-refractivity contribution in [2.75, 3.05) is 20.1 Å². The lowest BCUT2D eigenvalue weighted by Crippen LogP contribution is -2.60. The van der Waals surface area contributed by atoms with Crippen LogP contribution in [0.4, 0.5) is 0 Å². The van der Waals surface area contributed by atoms with Gasteiger partial charge in [0.1, 0.15) is 11.8 Å². The highest BCUT2D eigenvalue weighted by Gasteiger charge is 2.56. The van der Waals surface area contributed by atoms with E-state index in [-0.39, 0.29) is 0 Å². The molecule has 1 N–H and O–H groups in total. The van der Waals surface area contributed by atoms with E-state index in [0.717, 1.165) is 0 Å². The predicted octanol–water partition coefficient (Wildman–Crippen LogP) is -0.366. The molecule has 1 spiro atoms.